The van der Waals surface area contributed by atoms with Crippen LogP contribution in [0, 0.1) is 28.6 Å². The van der Waals surface area contributed by atoms with Gasteiger partial charge in [-0.15, -0.1) is 0 Å². The Morgan fingerprint density at radius 3 is 2.74 bits per heavy atom. The van der Waals surface area contributed by atoms with Crippen LogP contribution in [0.3, 0.4) is 0 Å². The van der Waals surface area contributed by atoms with Gasteiger partial charge in [0, 0.05) is 0 Å². The minimum absolute atomic E-state index is 0.412. The third kappa shape index (κ3) is 3.05. The van der Waals surface area contributed by atoms with Crippen LogP contribution in [-0.4, -0.2) is 11.7 Å². The summed E-state index contributed by atoms with van der Waals surface area (Å²) < 4.78 is 0. The molecule has 0 aromatic heterocycles. The number of urea groups is 1. The number of carbonyl (C=O) groups is 1. The minimum atomic E-state index is -0.595. The summed E-state index contributed by atoms with van der Waals surface area (Å²) in [6.45, 7) is 9.46. The van der Waals surface area contributed by atoms with Crippen molar-refractivity contribution >= 4 is 11.7 Å². The van der Waals surface area contributed by atoms with Crippen LogP contribution in [0.1, 0.15) is 79.1 Å². The van der Waals surface area contributed by atoms with Gasteiger partial charge in [-0.3, -0.25) is 0 Å². The molecule has 0 spiro atoms. The molecular weight excluding hydrogens is 334 g/mol. The maximum atomic E-state index is 10.9. The Bertz CT molecular complexity index is 745. The largest absolute Gasteiger partial charge is 0.350 e. The number of hydrogen-bond acceptors (Lipinski definition) is 2. The molecule has 2 amide bonds. The zero-order chi connectivity index (χ0) is 19.4. The highest BCUT2D eigenvalue weighted by atomic mass is 16.2. The van der Waals surface area contributed by atoms with Crippen LogP contribution in [0.15, 0.2) is 27.9 Å². The summed E-state index contributed by atoms with van der Waals surface area (Å²) in [5, 5.41) is 4.17. The molecular formula is C23H35N3O. The zero-order valence-corrected chi connectivity index (χ0v) is 17.4. The minimum Gasteiger partial charge on any atom is -0.350 e. The number of hydrazone groups is 1. The molecule has 4 aliphatic carbocycles. The van der Waals surface area contributed by atoms with E-state index in [9.17, 15) is 4.79 Å². The SMILES string of the molecule is C/C(=N/NC(N)=O)C1=CC[C@@]2(C)[C@@H](CC[C@H]3C4=C(CC[C@H]32)C(C)(C)CC4)C1. The smallest absolute Gasteiger partial charge is 0.332 e. The van der Waals surface area contributed by atoms with Crippen LogP contribution in [-0.2, 0) is 0 Å². The van der Waals surface area contributed by atoms with E-state index in [1.807, 2.05) is 18.1 Å². The molecule has 0 heterocycles. The van der Waals surface area contributed by atoms with Crippen molar-refractivity contribution in [2.45, 2.75) is 79.1 Å². The number of allylic oxidation sites excluding steroid dienone is 4. The lowest BCUT2D eigenvalue weighted by atomic mass is 9.49. The fraction of sp³-hybridized carbons (Fsp3) is 0.739. The molecule has 0 unspecified atom stereocenters. The topological polar surface area (TPSA) is 67.5 Å². The van der Waals surface area contributed by atoms with Crippen molar-refractivity contribution in [2.75, 3.05) is 0 Å². The summed E-state index contributed by atoms with van der Waals surface area (Å²) in [5.41, 5.74) is 14.3. The normalized spacial score (nSPS) is 37.9. The number of nitrogens with one attached hydrogen (secondary N) is 1. The number of carbonyl (C=O) groups excluding carboxylic acids is 1. The predicted octanol–water partition coefficient (Wildman–Crippen LogP) is 5.31. The third-order valence-electron chi connectivity index (χ3n) is 8.52. The molecule has 148 valence electrons. The highest BCUT2D eigenvalue weighted by Gasteiger charge is 2.53. The van der Waals surface area contributed by atoms with Crippen molar-refractivity contribution < 1.29 is 4.79 Å². The lowest BCUT2D eigenvalue weighted by molar-refractivity contribution is -0.00481. The van der Waals surface area contributed by atoms with Crippen LogP contribution in [0.2, 0.25) is 0 Å². The molecule has 4 nitrogen and oxygen atoms in total. The van der Waals surface area contributed by atoms with Gasteiger partial charge in [0.1, 0.15) is 0 Å². The molecule has 4 heteroatoms. The molecule has 4 atom stereocenters. The van der Waals surface area contributed by atoms with Crippen LogP contribution in [0.4, 0.5) is 4.79 Å². The van der Waals surface area contributed by atoms with E-state index in [1.54, 1.807) is 0 Å². The Balaban J connectivity index is 1.57. The Labute approximate surface area is 163 Å². The van der Waals surface area contributed by atoms with Gasteiger partial charge in [0.15, 0.2) is 0 Å². The van der Waals surface area contributed by atoms with Crippen molar-refractivity contribution in [1.82, 2.24) is 5.43 Å². The van der Waals surface area contributed by atoms with Gasteiger partial charge in [0.25, 0.3) is 0 Å². The first-order chi connectivity index (χ1) is 12.7. The lowest BCUT2D eigenvalue weighted by Crippen LogP contribution is -2.47. The lowest BCUT2D eigenvalue weighted by Gasteiger charge is -2.55. The summed E-state index contributed by atoms with van der Waals surface area (Å²) in [4.78, 5) is 10.9. The van der Waals surface area contributed by atoms with Gasteiger partial charge in [0.2, 0.25) is 0 Å². The van der Waals surface area contributed by atoms with E-state index in [4.69, 9.17) is 5.73 Å². The van der Waals surface area contributed by atoms with Gasteiger partial charge in [-0.05, 0) is 92.4 Å². The van der Waals surface area contributed by atoms with Crippen LogP contribution >= 0.6 is 0 Å². The number of fused-ring (bicyclic) bond motifs is 4. The van der Waals surface area contributed by atoms with Crippen molar-refractivity contribution in [1.29, 1.82) is 0 Å². The maximum absolute atomic E-state index is 10.9. The molecule has 0 saturated heterocycles. The quantitative estimate of drug-likeness (QED) is 0.386. The highest BCUT2D eigenvalue weighted by Crippen LogP contribution is 2.63. The summed E-state index contributed by atoms with van der Waals surface area (Å²) in [5.74, 6) is 2.40. The van der Waals surface area contributed by atoms with E-state index in [0.717, 1.165) is 36.3 Å². The van der Waals surface area contributed by atoms with Gasteiger partial charge >= 0.3 is 6.03 Å². The maximum Gasteiger partial charge on any atom is 0.332 e. The van der Waals surface area contributed by atoms with Gasteiger partial charge in [-0.2, -0.15) is 5.10 Å². The van der Waals surface area contributed by atoms with E-state index in [0.29, 0.717) is 10.8 Å². The molecule has 0 radical (unpaired) electrons. The number of hydrogen-bond donors (Lipinski definition) is 2. The summed E-state index contributed by atoms with van der Waals surface area (Å²) in [7, 11) is 0. The van der Waals surface area contributed by atoms with Gasteiger partial charge in [-0.25, -0.2) is 10.2 Å². The second-order valence-corrected chi connectivity index (χ2v) is 10.2. The van der Waals surface area contributed by atoms with Crippen LogP contribution < -0.4 is 11.2 Å². The standard InChI is InChI=1S/C23H35N3O/c1-14(25-26-21(24)27)15-9-12-23(4)16(13-15)5-6-17-18-10-11-22(2,3)19(18)7-8-20(17)23/h9,16-17,20H,5-8,10-13H2,1-4H3,(H3,24,26,27)/b25-14-/t16-,17-,20+,23-/m0/s1. The average molecular weight is 370 g/mol. The molecule has 4 rings (SSSR count). The summed E-state index contributed by atoms with van der Waals surface area (Å²) in [6, 6.07) is -0.595. The molecule has 0 aromatic rings. The second-order valence-electron chi connectivity index (χ2n) is 10.2. The third-order valence-corrected chi connectivity index (χ3v) is 8.52. The van der Waals surface area contributed by atoms with Crippen LogP contribution in [0.5, 0.6) is 0 Å². The first-order valence-corrected chi connectivity index (χ1v) is 10.7. The Morgan fingerprint density at radius 2 is 2.00 bits per heavy atom. The second kappa shape index (κ2) is 6.49. The van der Waals surface area contributed by atoms with Crippen molar-refractivity contribution in [2.24, 2.45) is 39.4 Å². The molecule has 0 aliphatic heterocycles. The average Bonchev–Trinajstić information content (AvgIpc) is 2.94. The van der Waals surface area contributed by atoms with Crippen molar-refractivity contribution in [3.8, 4) is 0 Å². The predicted molar refractivity (Wildman–Crippen MR) is 110 cm³/mol. The van der Waals surface area contributed by atoms with E-state index in [2.05, 4.69) is 37.4 Å². The number of amides is 2. The fourth-order valence-corrected chi connectivity index (χ4v) is 6.86. The number of rotatable bonds is 2. The van der Waals surface area contributed by atoms with Crippen molar-refractivity contribution in [3.05, 3.63) is 22.8 Å². The van der Waals surface area contributed by atoms with E-state index in [1.165, 1.54) is 44.1 Å². The summed E-state index contributed by atoms with van der Waals surface area (Å²) in [6.07, 6.45) is 12.7. The van der Waals surface area contributed by atoms with Crippen LogP contribution in [0.25, 0.3) is 0 Å². The zero-order valence-electron chi connectivity index (χ0n) is 17.4. The first-order valence-electron chi connectivity index (χ1n) is 10.7. The first kappa shape index (κ1) is 18.8. The van der Waals surface area contributed by atoms with Gasteiger partial charge in [0.05, 0.1) is 5.71 Å². The Kier molecular flexibility index (Phi) is 4.51. The molecule has 4 aliphatic rings. The molecule has 0 bridgehead atoms. The highest BCUT2D eigenvalue weighted by molar-refractivity contribution is 5.98. The van der Waals surface area contributed by atoms with E-state index < -0.39 is 6.03 Å². The molecule has 3 N–H and O–H groups in total. The monoisotopic (exact) mass is 369 g/mol. The molecule has 1 fully saturated rings. The molecule has 1 saturated carbocycles. The number of primary amides is 1. The Hall–Kier alpha value is -1.58. The van der Waals surface area contributed by atoms with E-state index >= 15 is 0 Å². The molecule has 0 aromatic carbocycles. The summed E-state index contributed by atoms with van der Waals surface area (Å²) >= 11 is 0. The number of nitrogens with zero attached hydrogens (tertiary/aromatic N) is 1. The fourth-order valence-electron chi connectivity index (χ4n) is 6.86. The van der Waals surface area contributed by atoms with Crippen molar-refractivity contribution in [3.63, 3.8) is 0 Å². The molecule has 27 heavy (non-hydrogen) atoms. The van der Waals surface area contributed by atoms with E-state index in [-0.39, 0.29) is 0 Å². The Morgan fingerprint density at radius 1 is 1.22 bits per heavy atom. The van der Waals surface area contributed by atoms with Gasteiger partial charge in [-0.1, -0.05) is 38.0 Å². The number of nitrogens with two attached hydrogens (primary N) is 1. The van der Waals surface area contributed by atoms with Gasteiger partial charge < -0.3 is 5.73 Å².